The molecule has 5 aliphatic rings. The third-order valence-corrected chi connectivity index (χ3v) is 7.30. The Morgan fingerprint density at radius 1 is 0.880 bits per heavy atom. The fourth-order valence-corrected chi connectivity index (χ4v) is 6.42. The van der Waals surface area contributed by atoms with E-state index in [2.05, 4.69) is 9.80 Å². The van der Waals surface area contributed by atoms with Gasteiger partial charge in [-0.05, 0) is 67.9 Å². The van der Waals surface area contributed by atoms with Crippen molar-refractivity contribution in [3.05, 3.63) is 30.1 Å². The first-order chi connectivity index (χ1) is 12.2. The maximum Gasteiger partial charge on any atom is 0.226 e. The highest BCUT2D eigenvalue weighted by Gasteiger charge is 2.51. The number of anilines is 1. The van der Waals surface area contributed by atoms with E-state index in [4.69, 9.17) is 0 Å². The van der Waals surface area contributed by atoms with Crippen molar-refractivity contribution < 1.29 is 9.18 Å². The molecule has 4 saturated carbocycles. The van der Waals surface area contributed by atoms with Gasteiger partial charge in [0.05, 0.1) is 5.69 Å². The minimum atomic E-state index is -0.164. The van der Waals surface area contributed by atoms with Gasteiger partial charge in [0.15, 0.2) is 0 Å². The Hall–Kier alpha value is -1.58. The molecule has 6 rings (SSSR count). The highest BCUT2D eigenvalue weighted by Crippen LogP contribution is 2.56. The Kier molecular flexibility index (Phi) is 3.76. The zero-order valence-corrected chi connectivity index (χ0v) is 14.7. The first-order valence-electron chi connectivity index (χ1n) is 9.97. The number of rotatable bonds is 2. The van der Waals surface area contributed by atoms with Crippen LogP contribution in [0.4, 0.5) is 10.1 Å². The van der Waals surface area contributed by atoms with Crippen LogP contribution in [-0.4, -0.2) is 37.0 Å². The minimum Gasteiger partial charge on any atom is -0.366 e. The standard InChI is InChI=1S/C21H27FN2O/c22-18-3-1-2-4-19(18)23-5-7-24(8-6-23)21(25)20-16-10-14-9-15(12-16)13-17(20)11-14/h1-4,14-17,20H,5-13H2. The van der Waals surface area contributed by atoms with Gasteiger partial charge in [-0.15, -0.1) is 0 Å². The second-order valence-electron chi connectivity index (χ2n) is 8.72. The van der Waals surface area contributed by atoms with Gasteiger partial charge in [0.1, 0.15) is 5.82 Å². The molecule has 0 unspecified atom stereocenters. The van der Waals surface area contributed by atoms with E-state index in [9.17, 15) is 9.18 Å². The Balaban J connectivity index is 1.25. The summed E-state index contributed by atoms with van der Waals surface area (Å²) in [5, 5.41) is 0. The number of benzene rings is 1. The summed E-state index contributed by atoms with van der Waals surface area (Å²) in [4.78, 5) is 17.4. The summed E-state index contributed by atoms with van der Waals surface area (Å²) in [5.74, 6) is 3.63. The molecule has 1 heterocycles. The molecule has 0 N–H and O–H groups in total. The fourth-order valence-electron chi connectivity index (χ4n) is 6.42. The van der Waals surface area contributed by atoms with E-state index in [1.807, 2.05) is 12.1 Å². The number of piperazine rings is 1. The number of nitrogens with zero attached hydrogens (tertiary/aromatic N) is 2. The van der Waals surface area contributed by atoms with Gasteiger partial charge in [0, 0.05) is 32.1 Å². The molecule has 1 amide bonds. The van der Waals surface area contributed by atoms with Crippen molar-refractivity contribution in [1.29, 1.82) is 0 Å². The van der Waals surface area contributed by atoms with Gasteiger partial charge in [0.2, 0.25) is 5.91 Å². The molecular weight excluding hydrogens is 315 g/mol. The van der Waals surface area contributed by atoms with Crippen molar-refractivity contribution in [3.8, 4) is 0 Å². The number of amides is 1. The fraction of sp³-hybridized carbons (Fsp3) is 0.667. The molecular formula is C21H27FN2O. The van der Waals surface area contributed by atoms with Crippen LogP contribution in [0.2, 0.25) is 0 Å². The van der Waals surface area contributed by atoms with Crippen LogP contribution in [0.25, 0.3) is 0 Å². The van der Waals surface area contributed by atoms with E-state index >= 15 is 0 Å². The van der Waals surface area contributed by atoms with Gasteiger partial charge in [-0.2, -0.15) is 0 Å². The van der Waals surface area contributed by atoms with Gasteiger partial charge >= 0.3 is 0 Å². The summed E-state index contributed by atoms with van der Waals surface area (Å²) in [6.45, 7) is 2.94. The van der Waals surface area contributed by atoms with Crippen LogP contribution in [0.5, 0.6) is 0 Å². The Morgan fingerprint density at radius 3 is 2.08 bits per heavy atom. The van der Waals surface area contributed by atoms with Gasteiger partial charge in [-0.1, -0.05) is 12.1 Å². The topological polar surface area (TPSA) is 23.6 Å². The van der Waals surface area contributed by atoms with Crippen molar-refractivity contribution in [2.45, 2.75) is 32.1 Å². The number of para-hydroxylation sites is 1. The monoisotopic (exact) mass is 342 g/mol. The molecule has 1 aromatic carbocycles. The molecule has 134 valence electrons. The second-order valence-corrected chi connectivity index (χ2v) is 8.72. The first-order valence-corrected chi connectivity index (χ1v) is 9.97. The maximum absolute atomic E-state index is 14.0. The van der Waals surface area contributed by atoms with Crippen LogP contribution < -0.4 is 4.90 Å². The highest BCUT2D eigenvalue weighted by molar-refractivity contribution is 5.80. The SMILES string of the molecule is O=C(C1C2CC3CC(C2)CC1C3)N1CCN(c2ccccc2F)CC1. The molecule has 0 radical (unpaired) electrons. The zero-order chi connectivity index (χ0) is 17.0. The Bertz CT molecular complexity index is 640. The lowest BCUT2D eigenvalue weighted by Crippen LogP contribution is -2.56. The minimum absolute atomic E-state index is 0.164. The smallest absolute Gasteiger partial charge is 0.226 e. The van der Waals surface area contributed by atoms with E-state index in [0.29, 0.717) is 23.4 Å². The van der Waals surface area contributed by atoms with E-state index < -0.39 is 0 Å². The van der Waals surface area contributed by atoms with Crippen molar-refractivity contribution in [3.63, 3.8) is 0 Å². The predicted molar refractivity (Wildman–Crippen MR) is 95.7 cm³/mol. The average molecular weight is 342 g/mol. The van der Waals surface area contributed by atoms with Crippen molar-refractivity contribution in [1.82, 2.24) is 4.90 Å². The lowest BCUT2D eigenvalue weighted by Gasteiger charge is -2.54. The first kappa shape index (κ1) is 15.7. The van der Waals surface area contributed by atoms with E-state index in [0.717, 1.165) is 38.0 Å². The Morgan fingerprint density at radius 2 is 1.48 bits per heavy atom. The summed E-state index contributed by atoms with van der Waals surface area (Å²) in [6, 6.07) is 6.96. The van der Waals surface area contributed by atoms with E-state index in [1.54, 1.807) is 6.07 Å². The quantitative estimate of drug-likeness (QED) is 0.821. The van der Waals surface area contributed by atoms with Crippen LogP contribution in [0.1, 0.15) is 32.1 Å². The van der Waals surface area contributed by atoms with Crippen molar-refractivity contribution in [2.75, 3.05) is 31.1 Å². The molecule has 4 aliphatic carbocycles. The van der Waals surface area contributed by atoms with Crippen molar-refractivity contribution in [2.24, 2.45) is 29.6 Å². The van der Waals surface area contributed by atoms with E-state index in [1.165, 1.54) is 38.2 Å². The summed E-state index contributed by atoms with van der Waals surface area (Å²) < 4.78 is 14.0. The lowest BCUT2D eigenvalue weighted by molar-refractivity contribution is -0.149. The zero-order valence-electron chi connectivity index (χ0n) is 14.7. The molecule has 1 aliphatic heterocycles. The molecule has 1 aromatic rings. The number of hydrogen-bond donors (Lipinski definition) is 0. The summed E-state index contributed by atoms with van der Waals surface area (Å²) in [6.07, 6.45) is 6.59. The van der Waals surface area contributed by atoms with E-state index in [-0.39, 0.29) is 11.7 Å². The number of carbonyl (C=O) groups is 1. The molecule has 5 fully saturated rings. The molecule has 0 atom stereocenters. The predicted octanol–water partition coefficient (Wildman–Crippen LogP) is 3.55. The Labute approximate surface area is 149 Å². The molecule has 4 heteroatoms. The highest BCUT2D eigenvalue weighted by atomic mass is 19.1. The third kappa shape index (κ3) is 2.65. The maximum atomic E-state index is 14.0. The van der Waals surface area contributed by atoms with Crippen LogP contribution in [0.3, 0.4) is 0 Å². The number of carbonyl (C=O) groups excluding carboxylic acids is 1. The van der Waals surface area contributed by atoms with Crippen LogP contribution in [0, 0.1) is 35.4 Å². The second kappa shape index (κ2) is 6.00. The van der Waals surface area contributed by atoms with Gasteiger partial charge in [0.25, 0.3) is 0 Å². The summed E-state index contributed by atoms with van der Waals surface area (Å²) in [7, 11) is 0. The molecule has 3 nitrogen and oxygen atoms in total. The summed E-state index contributed by atoms with van der Waals surface area (Å²) in [5.41, 5.74) is 0.671. The van der Waals surface area contributed by atoms with Crippen LogP contribution in [-0.2, 0) is 4.79 Å². The van der Waals surface area contributed by atoms with Gasteiger partial charge < -0.3 is 9.80 Å². The van der Waals surface area contributed by atoms with Crippen molar-refractivity contribution >= 4 is 11.6 Å². The third-order valence-electron chi connectivity index (χ3n) is 7.30. The molecule has 4 bridgehead atoms. The molecule has 0 aromatic heterocycles. The summed E-state index contributed by atoms with van der Waals surface area (Å²) >= 11 is 0. The average Bonchev–Trinajstić information content (AvgIpc) is 2.61. The molecule has 1 saturated heterocycles. The normalized spacial score (nSPS) is 36.8. The number of halogens is 1. The van der Waals surface area contributed by atoms with Gasteiger partial charge in [-0.25, -0.2) is 4.39 Å². The number of hydrogen-bond acceptors (Lipinski definition) is 2. The van der Waals surface area contributed by atoms with Crippen LogP contribution in [0.15, 0.2) is 24.3 Å². The molecule has 25 heavy (non-hydrogen) atoms. The largest absolute Gasteiger partial charge is 0.366 e. The lowest BCUT2D eigenvalue weighted by atomic mass is 9.51. The van der Waals surface area contributed by atoms with Crippen LogP contribution >= 0.6 is 0 Å². The van der Waals surface area contributed by atoms with Gasteiger partial charge in [-0.3, -0.25) is 4.79 Å². The molecule has 0 spiro atoms.